The molecule has 0 heterocycles. The lowest BCUT2D eigenvalue weighted by atomic mass is 9.51. The standard InChI is InChI=1S/C30H35ClO2/c1-5-13-30(33)14-12-26-23-9-6-19-15-21(32)8-10-22(19)28(23)25(17-29(26,30)4)20-7-11-27(31)24(16-20)18(2)3/h7,11,15-16,18,23,25-26,33H,6,8-10,12,14,17H2,1-4H3/t23-,25+,26-,29-,30-/m0/s1. The normalized spacial score (nSPS) is 35.4. The first-order valence-corrected chi connectivity index (χ1v) is 13.0. The highest BCUT2D eigenvalue weighted by Crippen LogP contribution is 2.66. The molecule has 2 fully saturated rings. The molecule has 1 aromatic carbocycles. The van der Waals surface area contributed by atoms with Crippen molar-refractivity contribution in [2.75, 3.05) is 0 Å². The van der Waals surface area contributed by atoms with Crippen molar-refractivity contribution >= 4 is 17.4 Å². The summed E-state index contributed by atoms with van der Waals surface area (Å²) in [5.41, 5.74) is 5.55. The average Bonchev–Trinajstić information content (AvgIpc) is 3.03. The molecule has 4 aliphatic rings. The van der Waals surface area contributed by atoms with Gasteiger partial charge in [-0.2, -0.15) is 0 Å². The number of aliphatic hydroxyl groups is 1. The number of halogens is 1. The van der Waals surface area contributed by atoms with E-state index in [1.165, 1.54) is 22.3 Å². The molecule has 1 aromatic rings. The van der Waals surface area contributed by atoms with E-state index in [1.54, 1.807) is 5.57 Å². The Balaban J connectivity index is 1.71. The molecule has 0 aliphatic heterocycles. The number of allylic oxidation sites excluding steroid dienone is 4. The summed E-state index contributed by atoms with van der Waals surface area (Å²) in [6.45, 7) is 8.51. The molecule has 0 unspecified atom stereocenters. The molecule has 2 nitrogen and oxygen atoms in total. The zero-order valence-electron chi connectivity index (χ0n) is 20.3. The van der Waals surface area contributed by atoms with E-state index in [1.807, 2.05) is 13.0 Å². The number of hydrogen-bond donors (Lipinski definition) is 1. The first-order chi connectivity index (χ1) is 15.7. The van der Waals surface area contributed by atoms with E-state index in [0.717, 1.165) is 43.5 Å². The summed E-state index contributed by atoms with van der Waals surface area (Å²) >= 11 is 6.58. The smallest absolute Gasteiger partial charge is 0.156 e. The molecule has 5 atom stereocenters. The van der Waals surface area contributed by atoms with Gasteiger partial charge in [0.2, 0.25) is 0 Å². The molecule has 0 bridgehead atoms. The summed E-state index contributed by atoms with van der Waals surface area (Å²) in [6, 6.07) is 6.55. The summed E-state index contributed by atoms with van der Waals surface area (Å²) in [5.74, 6) is 8.00. The Labute approximate surface area is 203 Å². The Hall–Kier alpha value is -1.82. The lowest BCUT2D eigenvalue weighted by Crippen LogP contribution is -2.51. The summed E-state index contributed by atoms with van der Waals surface area (Å²) in [4.78, 5) is 12.2. The fourth-order valence-corrected chi connectivity index (χ4v) is 7.93. The summed E-state index contributed by atoms with van der Waals surface area (Å²) in [5, 5.41) is 12.6. The second kappa shape index (κ2) is 8.14. The number of hydrogen-bond acceptors (Lipinski definition) is 2. The Morgan fingerprint density at radius 3 is 2.70 bits per heavy atom. The van der Waals surface area contributed by atoms with Crippen LogP contribution in [0.15, 0.2) is 41.0 Å². The minimum Gasteiger partial charge on any atom is -0.377 e. The van der Waals surface area contributed by atoms with Gasteiger partial charge in [-0.1, -0.05) is 56.0 Å². The van der Waals surface area contributed by atoms with E-state index in [4.69, 9.17) is 11.6 Å². The van der Waals surface area contributed by atoms with Crippen LogP contribution in [0.1, 0.15) is 95.6 Å². The highest BCUT2D eigenvalue weighted by Gasteiger charge is 2.62. The third-order valence-corrected chi connectivity index (χ3v) is 9.61. The topological polar surface area (TPSA) is 37.3 Å². The highest BCUT2D eigenvalue weighted by molar-refractivity contribution is 6.31. The van der Waals surface area contributed by atoms with Crippen LogP contribution >= 0.6 is 11.6 Å². The number of carbonyl (C=O) groups is 1. The maximum Gasteiger partial charge on any atom is 0.156 e. The molecule has 4 aliphatic carbocycles. The maximum atomic E-state index is 12.2. The van der Waals surface area contributed by atoms with Crippen LogP contribution in [0.5, 0.6) is 0 Å². The largest absolute Gasteiger partial charge is 0.377 e. The molecule has 0 amide bonds. The molecular formula is C30H35ClO2. The molecule has 5 rings (SSSR count). The first-order valence-electron chi connectivity index (χ1n) is 12.6. The number of ketones is 1. The van der Waals surface area contributed by atoms with Crippen LogP contribution < -0.4 is 0 Å². The molecule has 0 radical (unpaired) electrons. The second-order valence-corrected chi connectivity index (χ2v) is 11.6. The Morgan fingerprint density at radius 1 is 1.18 bits per heavy atom. The molecule has 0 spiro atoms. The van der Waals surface area contributed by atoms with Crippen LogP contribution in [-0.4, -0.2) is 16.5 Å². The molecule has 1 N–H and O–H groups in total. The van der Waals surface area contributed by atoms with Crippen LogP contribution in [0.4, 0.5) is 0 Å². The highest BCUT2D eigenvalue weighted by atomic mass is 35.5. The predicted octanol–water partition coefficient (Wildman–Crippen LogP) is 7.12. The first kappa shape index (κ1) is 22.9. The van der Waals surface area contributed by atoms with Crippen molar-refractivity contribution in [1.29, 1.82) is 0 Å². The molecule has 0 aromatic heterocycles. The number of fused-ring (bicyclic) bond motifs is 4. The van der Waals surface area contributed by atoms with Gasteiger partial charge in [0.05, 0.1) is 0 Å². The quantitative estimate of drug-likeness (QED) is 0.475. The second-order valence-electron chi connectivity index (χ2n) is 11.2. The average molecular weight is 463 g/mol. The fraction of sp³-hybridized carbons (Fsp3) is 0.567. The monoisotopic (exact) mass is 462 g/mol. The minimum absolute atomic E-state index is 0.223. The van der Waals surface area contributed by atoms with E-state index < -0.39 is 5.60 Å². The van der Waals surface area contributed by atoms with Crippen LogP contribution in [0.3, 0.4) is 0 Å². The van der Waals surface area contributed by atoms with Gasteiger partial charge >= 0.3 is 0 Å². The molecule has 174 valence electrons. The van der Waals surface area contributed by atoms with Crippen molar-refractivity contribution in [3.8, 4) is 11.8 Å². The van der Waals surface area contributed by atoms with Crippen molar-refractivity contribution in [3.63, 3.8) is 0 Å². The number of carbonyl (C=O) groups excluding carboxylic acids is 1. The third-order valence-electron chi connectivity index (χ3n) is 9.26. The van der Waals surface area contributed by atoms with Crippen molar-refractivity contribution in [2.24, 2.45) is 17.3 Å². The predicted molar refractivity (Wildman–Crippen MR) is 134 cm³/mol. The Bertz CT molecular complexity index is 1130. The SMILES string of the molecule is CC#C[C@]1(O)CC[C@H]2[C@@H]3CCC4=CC(=O)CCC4=C3[C@@H](c3ccc(Cl)c(C(C)C)c3)C[C@@]21C. The van der Waals surface area contributed by atoms with Gasteiger partial charge in [-0.15, -0.1) is 5.92 Å². The van der Waals surface area contributed by atoms with Gasteiger partial charge in [0.1, 0.15) is 5.60 Å². The van der Waals surface area contributed by atoms with Crippen LogP contribution in [0.25, 0.3) is 0 Å². The lowest BCUT2D eigenvalue weighted by molar-refractivity contribution is -0.114. The van der Waals surface area contributed by atoms with Crippen LogP contribution in [-0.2, 0) is 4.79 Å². The van der Waals surface area contributed by atoms with E-state index in [9.17, 15) is 9.90 Å². The number of benzene rings is 1. The molecule has 33 heavy (non-hydrogen) atoms. The maximum absolute atomic E-state index is 12.2. The van der Waals surface area contributed by atoms with Crippen LogP contribution in [0.2, 0.25) is 5.02 Å². The van der Waals surface area contributed by atoms with Crippen LogP contribution in [0, 0.1) is 29.1 Å². The van der Waals surface area contributed by atoms with Gasteiger partial charge < -0.3 is 5.11 Å². The van der Waals surface area contributed by atoms with Gasteiger partial charge in [0.25, 0.3) is 0 Å². The van der Waals surface area contributed by atoms with Crippen molar-refractivity contribution in [1.82, 2.24) is 0 Å². The third kappa shape index (κ3) is 3.46. The lowest BCUT2D eigenvalue weighted by Gasteiger charge is -2.53. The zero-order chi connectivity index (χ0) is 23.5. The van der Waals surface area contributed by atoms with E-state index >= 15 is 0 Å². The van der Waals surface area contributed by atoms with Gasteiger partial charge in [-0.05, 0) is 97.6 Å². The van der Waals surface area contributed by atoms with Gasteiger partial charge in [0.15, 0.2) is 5.78 Å². The summed E-state index contributed by atoms with van der Waals surface area (Å²) in [7, 11) is 0. The van der Waals surface area contributed by atoms with E-state index in [2.05, 4.69) is 50.8 Å². The number of rotatable bonds is 2. The van der Waals surface area contributed by atoms with Gasteiger partial charge in [0, 0.05) is 22.8 Å². The van der Waals surface area contributed by atoms with E-state index in [0.29, 0.717) is 24.2 Å². The Morgan fingerprint density at radius 2 is 1.97 bits per heavy atom. The molecule has 3 heteroatoms. The van der Waals surface area contributed by atoms with Gasteiger partial charge in [-0.3, -0.25) is 4.79 Å². The fourth-order valence-electron chi connectivity index (χ4n) is 7.60. The van der Waals surface area contributed by atoms with Crippen molar-refractivity contribution in [3.05, 3.63) is 57.1 Å². The van der Waals surface area contributed by atoms with Crippen molar-refractivity contribution < 1.29 is 9.90 Å². The Kier molecular flexibility index (Phi) is 5.66. The molecular weight excluding hydrogens is 428 g/mol. The summed E-state index contributed by atoms with van der Waals surface area (Å²) < 4.78 is 0. The zero-order valence-corrected chi connectivity index (χ0v) is 21.1. The minimum atomic E-state index is -0.938. The van der Waals surface area contributed by atoms with Crippen molar-refractivity contribution in [2.45, 2.75) is 90.1 Å². The molecule has 0 saturated heterocycles. The van der Waals surface area contributed by atoms with E-state index in [-0.39, 0.29) is 17.1 Å². The summed E-state index contributed by atoms with van der Waals surface area (Å²) in [6.07, 6.45) is 8.10. The van der Waals surface area contributed by atoms with Gasteiger partial charge in [-0.25, -0.2) is 0 Å². The molecule has 2 saturated carbocycles.